The number of ether oxygens (including phenoxy) is 1. The van der Waals surface area contributed by atoms with Gasteiger partial charge in [-0.15, -0.1) is 0 Å². The molecular formula is C20H26N2O3. The first-order chi connectivity index (χ1) is 12.2. The summed E-state index contributed by atoms with van der Waals surface area (Å²) >= 11 is 0. The Morgan fingerprint density at radius 2 is 2.00 bits per heavy atom. The van der Waals surface area contributed by atoms with Crippen molar-refractivity contribution in [2.24, 2.45) is 0 Å². The number of hydrogen-bond acceptors (Lipinski definition) is 4. The molecule has 0 saturated carbocycles. The quantitative estimate of drug-likeness (QED) is 0.808. The smallest absolute Gasteiger partial charge is 0.227 e. The first-order valence-electron chi connectivity index (χ1n) is 8.85. The average molecular weight is 342 g/mol. The number of carbonyl (C=O) groups is 1. The van der Waals surface area contributed by atoms with Gasteiger partial charge in [-0.05, 0) is 57.2 Å². The van der Waals surface area contributed by atoms with Crippen LogP contribution in [-0.4, -0.2) is 44.1 Å². The van der Waals surface area contributed by atoms with E-state index in [0.717, 1.165) is 43.1 Å². The molecule has 134 valence electrons. The fraction of sp³-hybridized carbons (Fsp3) is 0.450. The van der Waals surface area contributed by atoms with Crippen molar-refractivity contribution in [3.8, 4) is 5.75 Å². The second-order valence-corrected chi connectivity index (χ2v) is 6.55. The lowest BCUT2D eigenvalue weighted by Gasteiger charge is -2.38. The molecule has 0 aliphatic carbocycles. The van der Waals surface area contributed by atoms with E-state index in [1.165, 1.54) is 0 Å². The van der Waals surface area contributed by atoms with Gasteiger partial charge in [0.1, 0.15) is 11.5 Å². The molecule has 25 heavy (non-hydrogen) atoms. The third-order valence-corrected chi connectivity index (χ3v) is 4.83. The summed E-state index contributed by atoms with van der Waals surface area (Å²) in [5.41, 5.74) is 0.865. The Balaban J connectivity index is 1.81. The lowest BCUT2D eigenvalue weighted by Crippen LogP contribution is -2.47. The molecule has 5 heteroatoms. The van der Waals surface area contributed by atoms with E-state index in [0.29, 0.717) is 12.8 Å². The van der Waals surface area contributed by atoms with Crippen LogP contribution in [-0.2, 0) is 11.2 Å². The SMILES string of the molecule is COc1ccccc1N(C(=O)CCc1ccco1)C1CCN(C)CC1. The second kappa shape index (κ2) is 8.21. The van der Waals surface area contributed by atoms with E-state index in [1.54, 1.807) is 13.4 Å². The molecule has 1 saturated heterocycles. The predicted octanol–water partition coefficient (Wildman–Crippen LogP) is 3.35. The van der Waals surface area contributed by atoms with Gasteiger partial charge in [0.05, 0.1) is 19.1 Å². The first-order valence-corrected chi connectivity index (χ1v) is 8.85. The molecule has 0 radical (unpaired) electrons. The standard InChI is InChI=1S/C20H26N2O3/c1-21-13-11-16(12-14-21)22(18-7-3-4-8-19(18)24-2)20(23)10-9-17-6-5-15-25-17/h3-8,15-16H,9-14H2,1-2H3. The number of furan rings is 1. The zero-order valence-electron chi connectivity index (χ0n) is 15.0. The number of methoxy groups -OCH3 is 1. The van der Waals surface area contributed by atoms with E-state index in [4.69, 9.17) is 9.15 Å². The largest absolute Gasteiger partial charge is 0.495 e. The maximum atomic E-state index is 13.1. The highest BCUT2D eigenvalue weighted by molar-refractivity contribution is 5.95. The lowest BCUT2D eigenvalue weighted by molar-refractivity contribution is -0.119. The number of amides is 1. The van der Waals surface area contributed by atoms with Gasteiger partial charge in [0, 0.05) is 18.9 Å². The number of carbonyl (C=O) groups excluding carboxylic acids is 1. The molecule has 0 spiro atoms. The highest BCUT2D eigenvalue weighted by Gasteiger charge is 2.29. The highest BCUT2D eigenvalue weighted by Crippen LogP contribution is 2.32. The number of piperidine rings is 1. The summed E-state index contributed by atoms with van der Waals surface area (Å²) in [6.07, 6.45) is 4.64. The molecule has 5 nitrogen and oxygen atoms in total. The van der Waals surface area contributed by atoms with Gasteiger partial charge in [-0.2, -0.15) is 0 Å². The van der Waals surface area contributed by atoms with Gasteiger partial charge in [0.15, 0.2) is 0 Å². The van der Waals surface area contributed by atoms with Crippen LogP contribution in [0.4, 0.5) is 5.69 Å². The van der Waals surface area contributed by atoms with Gasteiger partial charge in [-0.25, -0.2) is 0 Å². The van der Waals surface area contributed by atoms with Gasteiger partial charge in [0.25, 0.3) is 0 Å². The monoisotopic (exact) mass is 342 g/mol. The Hall–Kier alpha value is -2.27. The molecule has 0 N–H and O–H groups in total. The molecular weight excluding hydrogens is 316 g/mol. The number of benzene rings is 1. The van der Waals surface area contributed by atoms with Crippen molar-refractivity contribution < 1.29 is 13.9 Å². The van der Waals surface area contributed by atoms with Gasteiger partial charge in [-0.3, -0.25) is 4.79 Å². The molecule has 1 aromatic heterocycles. The topological polar surface area (TPSA) is 45.9 Å². The summed E-state index contributed by atoms with van der Waals surface area (Å²) in [6.45, 7) is 2.00. The molecule has 1 aliphatic heterocycles. The Bertz CT molecular complexity index is 676. The van der Waals surface area contributed by atoms with E-state index >= 15 is 0 Å². The minimum atomic E-state index is 0.121. The zero-order chi connectivity index (χ0) is 17.6. The molecule has 1 aliphatic rings. The minimum absolute atomic E-state index is 0.121. The minimum Gasteiger partial charge on any atom is -0.495 e. The Labute approximate surface area is 149 Å². The predicted molar refractivity (Wildman–Crippen MR) is 98.0 cm³/mol. The molecule has 2 heterocycles. The molecule has 0 bridgehead atoms. The summed E-state index contributed by atoms with van der Waals surface area (Å²) < 4.78 is 10.9. The molecule has 0 unspecified atom stereocenters. The lowest BCUT2D eigenvalue weighted by atomic mass is 10.0. The van der Waals surface area contributed by atoms with E-state index in [9.17, 15) is 4.79 Å². The van der Waals surface area contributed by atoms with Crippen LogP contribution in [0.15, 0.2) is 47.1 Å². The Morgan fingerprint density at radius 1 is 1.24 bits per heavy atom. The van der Waals surface area contributed by atoms with Crippen LogP contribution in [0.2, 0.25) is 0 Å². The van der Waals surface area contributed by atoms with Crippen LogP contribution in [0.3, 0.4) is 0 Å². The Kier molecular flexibility index (Phi) is 5.76. The van der Waals surface area contributed by atoms with Crippen molar-refractivity contribution in [1.82, 2.24) is 4.90 Å². The van der Waals surface area contributed by atoms with E-state index in [-0.39, 0.29) is 11.9 Å². The number of rotatable bonds is 6. The maximum Gasteiger partial charge on any atom is 0.227 e. The normalized spacial score (nSPS) is 15.9. The number of likely N-dealkylation sites (tertiary alicyclic amines) is 1. The third kappa shape index (κ3) is 4.23. The van der Waals surface area contributed by atoms with E-state index in [2.05, 4.69) is 11.9 Å². The van der Waals surface area contributed by atoms with Crippen LogP contribution in [0, 0.1) is 0 Å². The summed E-state index contributed by atoms with van der Waals surface area (Å²) in [7, 11) is 3.78. The molecule has 0 atom stereocenters. The molecule has 2 aromatic rings. The van der Waals surface area contributed by atoms with Crippen LogP contribution >= 0.6 is 0 Å². The van der Waals surface area contributed by atoms with E-state index in [1.807, 2.05) is 41.3 Å². The van der Waals surface area contributed by atoms with Gasteiger partial charge >= 0.3 is 0 Å². The van der Waals surface area contributed by atoms with Crippen LogP contribution in [0.1, 0.15) is 25.0 Å². The van der Waals surface area contributed by atoms with Crippen molar-refractivity contribution in [1.29, 1.82) is 0 Å². The second-order valence-electron chi connectivity index (χ2n) is 6.55. The Morgan fingerprint density at radius 3 is 2.68 bits per heavy atom. The zero-order valence-corrected chi connectivity index (χ0v) is 15.0. The highest BCUT2D eigenvalue weighted by atomic mass is 16.5. The molecule has 3 rings (SSSR count). The van der Waals surface area contributed by atoms with Crippen molar-refractivity contribution in [2.45, 2.75) is 31.7 Å². The van der Waals surface area contributed by atoms with Crippen LogP contribution in [0.25, 0.3) is 0 Å². The maximum absolute atomic E-state index is 13.1. The van der Waals surface area contributed by atoms with Crippen LogP contribution < -0.4 is 9.64 Å². The van der Waals surface area contributed by atoms with Crippen molar-refractivity contribution in [3.63, 3.8) is 0 Å². The fourth-order valence-electron chi connectivity index (χ4n) is 3.42. The van der Waals surface area contributed by atoms with Crippen LogP contribution in [0.5, 0.6) is 5.75 Å². The number of nitrogens with zero attached hydrogens (tertiary/aromatic N) is 2. The molecule has 1 fully saturated rings. The fourth-order valence-corrected chi connectivity index (χ4v) is 3.42. The van der Waals surface area contributed by atoms with Gasteiger partial charge in [-0.1, -0.05) is 12.1 Å². The first kappa shape index (κ1) is 17.5. The number of aryl methyl sites for hydroxylation is 1. The van der Waals surface area contributed by atoms with Crippen molar-refractivity contribution in [2.75, 3.05) is 32.1 Å². The number of para-hydroxylation sites is 2. The average Bonchev–Trinajstić information content (AvgIpc) is 3.16. The summed E-state index contributed by atoms with van der Waals surface area (Å²) in [4.78, 5) is 17.4. The number of hydrogen-bond donors (Lipinski definition) is 0. The van der Waals surface area contributed by atoms with E-state index < -0.39 is 0 Å². The van der Waals surface area contributed by atoms with Crippen molar-refractivity contribution in [3.05, 3.63) is 48.4 Å². The van der Waals surface area contributed by atoms with Gasteiger partial charge < -0.3 is 19.0 Å². The molecule has 1 aromatic carbocycles. The van der Waals surface area contributed by atoms with Crippen molar-refractivity contribution >= 4 is 11.6 Å². The summed E-state index contributed by atoms with van der Waals surface area (Å²) in [5, 5.41) is 0. The summed E-state index contributed by atoms with van der Waals surface area (Å²) in [5.74, 6) is 1.71. The summed E-state index contributed by atoms with van der Waals surface area (Å²) in [6, 6.07) is 11.8. The third-order valence-electron chi connectivity index (χ3n) is 4.83. The number of anilines is 1. The molecule has 1 amide bonds. The van der Waals surface area contributed by atoms with Gasteiger partial charge in [0.2, 0.25) is 5.91 Å².